The molecule has 3 aromatic heterocycles. The van der Waals surface area contributed by atoms with E-state index in [1.807, 2.05) is 12.3 Å². The Balaban J connectivity index is 2.00. The van der Waals surface area contributed by atoms with Gasteiger partial charge in [0.05, 0.1) is 34.1 Å². The van der Waals surface area contributed by atoms with Gasteiger partial charge >= 0.3 is 6.03 Å². The van der Waals surface area contributed by atoms with Gasteiger partial charge in [0.1, 0.15) is 22.7 Å². The lowest BCUT2D eigenvalue weighted by Gasteiger charge is -2.04. The molecule has 0 bridgehead atoms. The van der Waals surface area contributed by atoms with E-state index in [9.17, 15) is 4.79 Å². The van der Waals surface area contributed by atoms with Crippen LogP contribution >= 0.6 is 34.2 Å². The molecule has 0 saturated heterocycles. The van der Waals surface area contributed by atoms with E-state index >= 15 is 0 Å². The first kappa shape index (κ1) is 14.1. The van der Waals surface area contributed by atoms with Crippen molar-refractivity contribution in [2.24, 2.45) is 0 Å². The highest BCUT2D eigenvalue weighted by molar-refractivity contribution is 14.1. The quantitative estimate of drug-likeness (QED) is 0.499. The average molecular weight is 412 g/mol. The first-order valence-electron chi connectivity index (χ1n) is 5.89. The Hall–Kier alpha value is -1.88. The first-order chi connectivity index (χ1) is 10.2. The fourth-order valence-electron chi connectivity index (χ4n) is 1.71. The zero-order valence-corrected chi connectivity index (χ0v) is 13.8. The summed E-state index contributed by atoms with van der Waals surface area (Å²) < 4.78 is 2.44. The maximum Gasteiger partial charge on any atom is 0.329 e. The van der Waals surface area contributed by atoms with E-state index in [1.165, 1.54) is 0 Å². The van der Waals surface area contributed by atoms with Crippen molar-refractivity contribution in [1.82, 2.24) is 23.5 Å². The van der Waals surface area contributed by atoms with Crippen LogP contribution in [0.4, 0.5) is 10.6 Å². The summed E-state index contributed by atoms with van der Waals surface area (Å²) in [6.45, 7) is 1.94. The van der Waals surface area contributed by atoms with E-state index < -0.39 is 0 Å². The molecule has 0 unspecified atom stereocenters. The number of aryl methyl sites for hydroxylation is 1. The van der Waals surface area contributed by atoms with Gasteiger partial charge in [-0.1, -0.05) is 0 Å². The summed E-state index contributed by atoms with van der Waals surface area (Å²) in [5.74, 6) is 0.414. The smallest absolute Gasteiger partial charge is 0.292 e. The van der Waals surface area contributed by atoms with E-state index in [0.29, 0.717) is 22.7 Å². The van der Waals surface area contributed by atoms with Gasteiger partial charge in [0.25, 0.3) is 0 Å². The number of fused-ring (bicyclic) bond motifs is 1. The van der Waals surface area contributed by atoms with Crippen molar-refractivity contribution in [3.8, 4) is 11.4 Å². The molecule has 9 heteroatoms. The average Bonchev–Trinajstić information content (AvgIpc) is 2.93. The molecule has 3 heterocycles. The standard InChI is InChI=1S/C12H9IN6OS/c1-6-15-9(5-21-6)8-4-14-7-2-3-10(17-11(7)16-8)18-12(20)19-13/h2-5H,1H3,(H2,16,17,18,19,20). The third kappa shape index (κ3) is 3.08. The minimum atomic E-state index is -0.346. The van der Waals surface area contributed by atoms with Gasteiger partial charge in [-0.3, -0.25) is 13.8 Å². The van der Waals surface area contributed by atoms with Gasteiger partial charge in [0.2, 0.25) is 0 Å². The van der Waals surface area contributed by atoms with Crippen LogP contribution in [-0.2, 0) is 0 Å². The number of hydrogen-bond donors (Lipinski definition) is 2. The second-order valence-corrected chi connectivity index (χ2v) is 5.70. The number of nitrogens with zero attached hydrogens (tertiary/aromatic N) is 4. The molecule has 2 amide bonds. The van der Waals surface area contributed by atoms with Gasteiger partial charge in [-0.15, -0.1) is 11.3 Å². The summed E-state index contributed by atoms with van der Waals surface area (Å²) in [5.41, 5.74) is 2.56. The highest BCUT2D eigenvalue weighted by Crippen LogP contribution is 2.21. The minimum Gasteiger partial charge on any atom is -0.292 e. The van der Waals surface area contributed by atoms with Crippen LogP contribution in [0.15, 0.2) is 23.7 Å². The summed E-state index contributed by atoms with van der Waals surface area (Å²) in [5, 5.41) is 5.49. The van der Waals surface area contributed by atoms with Crippen molar-refractivity contribution >= 4 is 57.2 Å². The molecule has 0 aliphatic heterocycles. The monoisotopic (exact) mass is 412 g/mol. The number of amides is 2. The molecule has 0 aromatic carbocycles. The number of pyridine rings is 1. The van der Waals surface area contributed by atoms with E-state index in [2.05, 4.69) is 28.8 Å². The van der Waals surface area contributed by atoms with Crippen molar-refractivity contribution in [3.63, 3.8) is 0 Å². The number of nitrogens with one attached hydrogen (secondary N) is 2. The van der Waals surface area contributed by atoms with Crippen molar-refractivity contribution in [1.29, 1.82) is 0 Å². The summed E-state index contributed by atoms with van der Waals surface area (Å²) in [6, 6.07) is 3.09. The fraction of sp³-hybridized carbons (Fsp3) is 0.0833. The number of rotatable bonds is 2. The highest BCUT2D eigenvalue weighted by Gasteiger charge is 2.08. The number of hydrogen-bond acceptors (Lipinski definition) is 6. The van der Waals surface area contributed by atoms with E-state index in [4.69, 9.17) is 0 Å². The summed E-state index contributed by atoms with van der Waals surface area (Å²) in [7, 11) is 0. The second-order valence-electron chi connectivity index (χ2n) is 4.09. The lowest BCUT2D eigenvalue weighted by Crippen LogP contribution is -2.20. The van der Waals surface area contributed by atoms with E-state index in [0.717, 1.165) is 10.7 Å². The Labute approximate surface area is 137 Å². The number of carbonyl (C=O) groups is 1. The van der Waals surface area contributed by atoms with Gasteiger partial charge in [-0.2, -0.15) is 0 Å². The molecule has 0 aliphatic carbocycles. The number of anilines is 1. The van der Waals surface area contributed by atoms with Crippen molar-refractivity contribution in [2.45, 2.75) is 6.92 Å². The van der Waals surface area contributed by atoms with Gasteiger partial charge in [0, 0.05) is 5.38 Å². The molecular formula is C12H9IN6OS. The van der Waals surface area contributed by atoms with Crippen LogP contribution in [0.1, 0.15) is 5.01 Å². The Morgan fingerprint density at radius 1 is 1.24 bits per heavy atom. The van der Waals surface area contributed by atoms with Gasteiger partial charge in [0.15, 0.2) is 5.65 Å². The Morgan fingerprint density at radius 3 is 2.81 bits per heavy atom. The predicted molar refractivity (Wildman–Crippen MR) is 89.4 cm³/mol. The highest BCUT2D eigenvalue weighted by atomic mass is 127. The molecule has 2 N–H and O–H groups in total. The number of urea groups is 1. The zero-order valence-electron chi connectivity index (χ0n) is 10.8. The van der Waals surface area contributed by atoms with E-state index in [1.54, 1.807) is 52.5 Å². The van der Waals surface area contributed by atoms with Crippen molar-refractivity contribution < 1.29 is 4.79 Å². The summed E-state index contributed by atoms with van der Waals surface area (Å²) in [6.07, 6.45) is 1.67. The number of thiazole rings is 1. The largest absolute Gasteiger partial charge is 0.329 e. The third-order valence-electron chi connectivity index (χ3n) is 2.62. The SMILES string of the molecule is Cc1nc(-c2cnc3ccc(NC(=O)NI)nc3n2)cs1. The normalized spacial score (nSPS) is 10.6. The lowest BCUT2D eigenvalue weighted by atomic mass is 10.3. The molecule has 21 heavy (non-hydrogen) atoms. The molecule has 0 fully saturated rings. The molecule has 0 saturated carbocycles. The third-order valence-corrected chi connectivity index (χ3v) is 3.88. The maximum absolute atomic E-state index is 11.3. The van der Waals surface area contributed by atoms with Crippen LogP contribution in [0.5, 0.6) is 0 Å². The van der Waals surface area contributed by atoms with Crippen LogP contribution in [0, 0.1) is 6.92 Å². The number of carbonyl (C=O) groups excluding carboxylic acids is 1. The molecule has 0 aliphatic rings. The molecule has 3 aromatic rings. The predicted octanol–water partition coefficient (Wildman–Crippen LogP) is 2.93. The Bertz CT molecular complexity index is 820. The summed E-state index contributed by atoms with van der Waals surface area (Å²) in [4.78, 5) is 28.7. The van der Waals surface area contributed by atoms with Crippen LogP contribution in [0.25, 0.3) is 22.6 Å². The van der Waals surface area contributed by atoms with Gasteiger partial charge in [-0.05, 0) is 19.1 Å². The fourth-order valence-corrected chi connectivity index (χ4v) is 2.45. The number of aromatic nitrogens is 4. The molecule has 7 nitrogen and oxygen atoms in total. The Kier molecular flexibility index (Phi) is 3.92. The minimum absolute atomic E-state index is 0.346. The van der Waals surface area contributed by atoms with Crippen LogP contribution in [-0.4, -0.2) is 26.0 Å². The molecule has 106 valence electrons. The van der Waals surface area contributed by atoms with Crippen molar-refractivity contribution in [2.75, 3.05) is 5.32 Å². The zero-order chi connectivity index (χ0) is 14.8. The summed E-state index contributed by atoms with van der Waals surface area (Å²) >= 11 is 3.30. The molecule has 0 spiro atoms. The molecular weight excluding hydrogens is 403 g/mol. The van der Waals surface area contributed by atoms with Crippen LogP contribution in [0.2, 0.25) is 0 Å². The number of halogens is 1. The van der Waals surface area contributed by atoms with Gasteiger partial charge in [-0.25, -0.2) is 19.7 Å². The molecule has 0 atom stereocenters. The Morgan fingerprint density at radius 2 is 2.10 bits per heavy atom. The topological polar surface area (TPSA) is 92.7 Å². The molecule has 0 radical (unpaired) electrons. The van der Waals surface area contributed by atoms with Crippen LogP contribution in [0.3, 0.4) is 0 Å². The molecule has 3 rings (SSSR count). The van der Waals surface area contributed by atoms with Crippen molar-refractivity contribution in [3.05, 3.63) is 28.7 Å². The van der Waals surface area contributed by atoms with Gasteiger partial charge < -0.3 is 0 Å². The first-order valence-corrected chi connectivity index (χ1v) is 7.85. The second kappa shape index (κ2) is 5.85. The lowest BCUT2D eigenvalue weighted by molar-refractivity contribution is 0.258. The van der Waals surface area contributed by atoms with Crippen LogP contribution < -0.4 is 8.85 Å². The van der Waals surface area contributed by atoms with E-state index in [-0.39, 0.29) is 6.03 Å². The maximum atomic E-state index is 11.3.